The van der Waals surface area contributed by atoms with E-state index in [9.17, 15) is 17.9 Å². The van der Waals surface area contributed by atoms with Crippen molar-refractivity contribution in [1.82, 2.24) is 0 Å². The van der Waals surface area contributed by atoms with Crippen LogP contribution in [-0.2, 0) is 9.84 Å². The fraction of sp³-hybridized carbons (Fsp3) is 0.333. The molecule has 3 nitrogen and oxygen atoms in total. The Morgan fingerprint density at radius 2 is 2.07 bits per heavy atom. The van der Waals surface area contributed by atoms with E-state index >= 15 is 0 Å². The van der Waals surface area contributed by atoms with Crippen LogP contribution in [0.1, 0.15) is 11.7 Å². The lowest BCUT2D eigenvalue weighted by Gasteiger charge is -2.15. The van der Waals surface area contributed by atoms with Crippen LogP contribution in [0, 0.1) is 5.82 Å². The normalized spacial score (nSPS) is 16.0. The molecule has 0 aliphatic heterocycles. The molecule has 0 radical (unpaired) electrons. The SMILES string of the molecule is CS(=O)(=O)[C@@H](I)[C@H](O)c1cccc(F)c1. The highest BCUT2D eigenvalue weighted by molar-refractivity contribution is 14.1. The summed E-state index contributed by atoms with van der Waals surface area (Å²) in [6.45, 7) is 0. The monoisotopic (exact) mass is 344 g/mol. The van der Waals surface area contributed by atoms with E-state index in [-0.39, 0.29) is 5.56 Å². The van der Waals surface area contributed by atoms with E-state index in [0.29, 0.717) is 0 Å². The van der Waals surface area contributed by atoms with Crippen molar-refractivity contribution in [2.24, 2.45) is 0 Å². The van der Waals surface area contributed by atoms with E-state index in [4.69, 9.17) is 0 Å². The van der Waals surface area contributed by atoms with Crippen LogP contribution in [0.4, 0.5) is 4.39 Å². The average Bonchev–Trinajstić information content (AvgIpc) is 2.14. The lowest BCUT2D eigenvalue weighted by atomic mass is 10.1. The molecule has 2 atom stereocenters. The molecular formula is C9H10FIO3S. The van der Waals surface area contributed by atoms with Gasteiger partial charge in [0.2, 0.25) is 0 Å². The van der Waals surface area contributed by atoms with E-state index in [2.05, 4.69) is 0 Å². The number of alkyl halides is 1. The topological polar surface area (TPSA) is 54.4 Å². The Morgan fingerprint density at radius 3 is 2.53 bits per heavy atom. The third kappa shape index (κ3) is 3.39. The molecule has 1 aromatic rings. The van der Waals surface area contributed by atoms with Gasteiger partial charge in [-0.15, -0.1) is 0 Å². The number of rotatable bonds is 3. The van der Waals surface area contributed by atoms with Gasteiger partial charge in [-0.1, -0.05) is 34.7 Å². The Morgan fingerprint density at radius 1 is 1.47 bits per heavy atom. The first-order chi connectivity index (χ1) is 6.82. The predicted molar refractivity (Wildman–Crippen MR) is 64.0 cm³/mol. The molecule has 0 bridgehead atoms. The lowest BCUT2D eigenvalue weighted by Crippen LogP contribution is -2.21. The van der Waals surface area contributed by atoms with Crippen LogP contribution in [0.15, 0.2) is 24.3 Å². The van der Waals surface area contributed by atoms with Gasteiger partial charge in [-0.3, -0.25) is 0 Å². The van der Waals surface area contributed by atoms with Gasteiger partial charge in [-0.2, -0.15) is 0 Å². The molecule has 0 aromatic heterocycles. The summed E-state index contributed by atoms with van der Waals surface area (Å²) in [5.41, 5.74) is 0.264. The molecule has 1 rings (SSSR count). The van der Waals surface area contributed by atoms with Crippen molar-refractivity contribution in [3.63, 3.8) is 0 Å². The maximum atomic E-state index is 12.8. The Bertz CT molecular complexity index is 446. The molecule has 6 heteroatoms. The summed E-state index contributed by atoms with van der Waals surface area (Å²) in [5.74, 6) is -0.497. The van der Waals surface area contributed by atoms with Gasteiger partial charge in [0.15, 0.2) is 9.84 Å². The first-order valence-corrected chi connectivity index (χ1v) is 7.29. The highest BCUT2D eigenvalue weighted by Gasteiger charge is 2.27. The Kier molecular flexibility index (Phi) is 4.07. The van der Waals surface area contributed by atoms with Crippen LogP contribution in [0.2, 0.25) is 0 Å². The molecule has 1 aromatic carbocycles. The molecule has 1 N–H and O–H groups in total. The number of hydrogen-bond donors (Lipinski definition) is 1. The number of benzene rings is 1. The minimum Gasteiger partial charge on any atom is -0.386 e. The molecule has 0 saturated heterocycles. The maximum Gasteiger partial charge on any atom is 0.162 e. The van der Waals surface area contributed by atoms with Crippen molar-refractivity contribution in [3.8, 4) is 0 Å². The van der Waals surface area contributed by atoms with Gasteiger partial charge in [-0.25, -0.2) is 12.8 Å². The van der Waals surface area contributed by atoms with Crippen molar-refractivity contribution >= 4 is 32.4 Å². The maximum absolute atomic E-state index is 12.8. The summed E-state index contributed by atoms with van der Waals surface area (Å²) in [6.07, 6.45) is -0.177. The highest BCUT2D eigenvalue weighted by atomic mass is 127. The van der Waals surface area contributed by atoms with E-state index in [1.807, 2.05) is 0 Å². The smallest absolute Gasteiger partial charge is 0.162 e. The number of aliphatic hydroxyl groups excluding tert-OH is 1. The fourth-order valence-corrected chi connectivity index (χ4v) is 2.12. The van der Waals surface area contributed by atoms with Gasteiger partial charge in [0.25, 0.3) is 0 Å². The van der Waals surface area contributed by atoms with Crippen molar-refractivity contribution in [2.45, 2.75) is 9.36 Å². The van der Waals surface area contributed by atoms with Gasteiger partial charge < -0.3 is 5.11 Å². The molecule has 15 heavy (non-hydrogen) atoms. The Hall–Kier alpha value is -0.210. The molecule has 0 spiro atoms. The summed E-state index contributed by atoms with van der Waals surface area (Å²) in [6, 6.07) is 5.28. The van der Waals surface area contributed by atoms with Gasteiger partial charge in [0, 0.05) is 6.26 Å². The van der Waals surface area contributed by atoms with Gasteiger partial charge >= 0.3 is 0 Å². The van der Waals surface area contributed by atoms with Crippen LogP contribution in [0.25, 0.3) is 0 Å². The molecule has 0 fully saturated rings. The second kappa shape index (κ2) is 4.75. The third-order valence-electron chi connectivity index (χ3n) is 1.85. The van der Waals surface area contributed by atoms with Crippen LogP contribution < -0.4 is 0 Å². The Balaban J connectivity index is 3.00. The summed E-state index contributed by atoms with van der Waals surface area (Å²) < 4.78 is 34.2. The second-order valence-corrected chi connectivity index (χ2v) is 7.53. The summed E-state index contributed by atoms with van der Waals surface area (Å²) in [5, 5.41) is 9.70. The molecule has 0 heterocycles. The van der Waals surface area contributed by atoms with E-state index in [1.165, 1.54) is 18.2 Å². The largest absolute Gasteiger partial charge is 0.386 e. The number of halogens is 2. The van der Waals surface area contributed by atoms with Crippen molar-refractivity contribution < 1.29 is 17.9 Å². The molecule has 0 aliphatic rings. The first-order valence-electron chi connectivity index (χ1n) is 4.09. The average molecular weight is 344 g/mol. The van der Waals surface area contributed by atoms with Crippen LogP contribution >= 0.6 is 22.6 Å². The predicted octanol–water partition coefficient (Wildman–Crippen LogP) is 1.66. The van der Waals surface area contributed by atoms with Crippen LogP contribution in [0.3, 0.4) is 0 Å². The number of sulfone groups is 1. The standard InChI is InChI=1S/C9H10FIO3S/c1-15(13,14)9(11)8(12)6-3-2-4-7(10)5-6/h2-5,8-9,12H,1H3/t8-,9-/m1/s1. The molecule has 0 unspecified atom stereocenters. The Labute approximate surface area is 101 Å². The van der Waals surface area contributed by atoms with Crippen molar-refractivity contribution in [3.05, 3.63) is 35.6 Å². The molecule has 0 saturated carbocycles. The quantitative estimate of drug-likeness (QED) is 0.670. The van der Waals surface area contributed by atoms with Crippen molar-refractivity contribution in [2.75, 3.05) is 6.26 Å². The number of hydrogen-bond acceptors (Lipinski definition) is 3. The highest BCUT2D eigenvalue weighted by Crippen LogP contribution is 2.26. The number of aliphatic hydroxyl groups is 1. The van der Waals surface area contributed by atoms with E-state index < -0.39 is 25.0 Å². The van der Waals surface area contributed by atoms with Crippen molar-refractivity contribution in [1.29, 1.82) is 0 Å². The van der Waals surface area contributed by atoms with Crippen LogP contribution in [0.5, 0.6) is 0 Å². The third-order valence-corrected chi connectivity index (χ3v) is 6.38. The second-order valence-electron chi connectivity index (χ2n) is 3.18. The summed E-state index contributed by atoms with van der Waals surface area (Å²) in [4.78, 5) is 0. The minimum atomic E-state index is -3.35. The fourth-order valence-electron chi connectivity index (χ4n) is 1.08. The summed E-state index contributed by atoms with van der Waals surface area (Å²) >= 11 is 1.63. The van der Waals surface area contributed by atoms with Crippen LogP contribution in [-0.4, -0.2) is 23.0 Å². The lowest BCUT2D eigenvalue weighted by molar-refractivity contribution is 0.197. The van der Waals surface area contributed by atoms with E-state index in [0.717, 1.165) is 12.3 Å². The zero-order chi connectivity index (χ0) is 11.6. The zero-order valence-corrected chi connectivity index (χ0v) is 10.9. The van der Waals surface area contributed by atoms with E-state index in [1.54, 1.807) is 22.6 Å². The van der Waals surface area contributed by atoms with Gasteiger partial charge in [0.05, 0.1) is 0 Å². The van der Waals surface area contributed by atoms with Gasteiger partial charge in [-0.05, 0) is 17.7 Å². The molecule has 0 aliphatic carbocycles. The molecule has 0 amide bonds. The molecular weight excluding hydrogens is 334 g/mol. The minimum absolute atomic E-state index is 0.264. The molecule has 84 valence electrons. The van der Waals surface area contributed by atoms with Gasteiger partial charge in [0.1, 0.15) is 15.2 Å². The zero-order valence-electron chi connectivity index (χ0n) is 7.89. The first kappa shape index (κ1) is 12.9. The summed E-state index contributed by atoms with van der Waals surface area (Å²) in [7, 11) is -3.35.